The van der Waals surface area contributed by atoms with Gasteiger partial charge in [-0.3, -0.25) is 10.1 Å². The number of hydrogen-bond acceptors (Lipinski definition) is 6. The lowest BCUT2D eigenvalue weighted by molar-refractivity contribution is -0.130. The Labute approximate surface area is 164 Å². The van der Waals surface area contributed by atoms with Gasteiger partial charge in [0.25, 0.3) is 5.91 Å². The van der Waals surface area contributed by atoms with Crippen LogP contribution in [-0.2, 0) is 19.6 Å². The first-order valence-corrected chi connectivity index (χ1v) is 10.5. The summed E-state index contributed by atoms with van der Waals surface area (Å²) in [5, 5.41) is 1.88. The Bertz CT molecular complexity index is 847. The van der Waals surface area contributed by atoms with Gasteiger partial charge in [-0.1, -0.05) is 26.3 Å². The van der Waals surface area contributed by atoms with Crippen LogP contribution in [0, 0.1) is 5.92 Å². The number of carbonyl (C=O) groups is 3. The van der Waals surface area contributed by atoms with E-state index in [1.165, 1.54) is 28.6 Å². The molecule has 0 radical (unpaired) electrons. The summed E-state index contributed by atoms with van der Waals surface area (Å²) in [7, 11) is -3.71. The lowest BCUT2D eigenvalue weighted by atomic mass is 10.1. The number of nitrogens with one attached hydrogen (secondary N) is 1. The maximum atomic E-state index is 12.8. The molecule has 1 aliphatic heterocycles. The van der Waals surface area contributed by atoms with E-state index >= 15 is 0 Å². The van der Waals surface area contributed by atoms with Gasteiger partial charge >= 0.3 is 12.0 Å². The molecule has 1 atom stereocenters. The summed E-state index contributed by atoms with van der Waals surface area (Å²) in [6.07, 6.45) is 1.34. The van der Waals surface area contributed by atoms with E-state index in [9.17, 15) is 22.8 Å². The Hall–Kier alpha value is -2.46. The topological polar surface area (TPSA) is 136 Å². The fourth-order valence-electron chi connectivity index (χ4n) is 2.91. The summed E-state index contributed by atoms with van der Waals surface area (Å²) in [5.41, 5.74) is 4.93. The monoisotopic (exact) mass is 411 g/mol. The number of piperidine rings is 1. The number of imide groups is 1. The number of ether oxygens (including phenoxy) is 1. The SMILES string of the molecule is CC(C)[C@H](OC(=O)c1cccc(S(=O)(=O)N2CCCCC2)c1)C(=O)NC(N)=O. The summed E-state index contributed by atoms with van der Waals surface area (Å²) < 4.78 is 32.2. The minimum atomic E-state index is -3.71. The summed E-state index contributed by atoms with van der Waals surface area (Å²) in [6.45, 7) is 4.16. The predicted octanol–water partition coefficient (Wildman–Crippen LogP) is 1.24. The quantitative estimate of drug-likeness (QED) is 0.676. The number of hydrogen-bond donors (Lipinski definition) is 2. The average Bonchev–Trinajstić information content (AvgIpc) is 2.65. The van der Waals surface area contributed by atoms with Crippen LogP contribution in [0.4, 0.5) is 4.79 Å². The molecule has 0 aromatic heterocycles. The molecule has 1 aromatic carbocycles. The lowest BCUT2D eigenvalue weighted by Gasteiger charge is -2.26. The fraction of sp³-hybridized carbons (Fsp3) is 0.500. The van der Waals surface area contributed by atoms with Crippen LogP contribution in [0.3, 0.4) is 0 Å². The van der Waals surface area contributed by atoms with E-state index in [0.29, 0.717) is 13.1 Å². The highest BCUT2D eigenvalue weighted by Crippen LogP contribution is 2.22. The summed E-state index contributed by atoms with van der Waals surface area (Å²) >= 11 is 0. The van der Waals surface area contributed by atoms with Crippen LogP contribution in [0.15, 0.2) is 29.2 Å². The van der Waals surface area contributed by atoms with E-state index in [2.05, 4.69) is 0 Å². The third kappa shape index (κ3) is 5.29. The average molecular weight is 411 g/mol. The third-order valence-electron chi connectivity index (χ3n) is 4.37. The molecule has 3 amide bonds. The molecule has 0 spiro atoms. The summed E-state index contributed by atoms with van der Waals surface area (Å²) in [4.78, 5) is 35.3. The molecule has 0 saturated carbocycles. The van der Waals surface area contributed by atoms with Crippen molar-refractivity contribution in [3.63, 3.8) is 0 Å². The highest BCUT2D eigenvalue weighted by molar-refractivity contribution is 7.89. The molecule has 10 heteroatoms. The molecule has 28 heavy (non-hydrogen) atoms. The molecule has 2 rings (SSSR count). The molecule has 1 saturated heterocycles. The molecule has 9 nitrogen and oxygen atoms in total. The van der Waals surface area contributed by atoms with Crippen LogP contribution in [0.2, 0.25) is 0 Å². The number of amides is 3. The van der Waals surface area contributed by atoms with Crippen LogP contribution >= 0.6 is 0 Å². The summed E-state index contributed by atoms with van der Waals surface area (Å²) in [5.74, 6) is -2.13. The van der Waals surface area contributed by atoms with Crippen molar-refractivity contribution in [2.75, 3.05) is 13.1 Å². The first kappa shape index (κ1) is 21.8. The molecular weight excluding hydrogens is 386 g/mol. The van der Waals surface area contributed by atoms with Crippen molar-refractivity contribution in [2.24, 2.45) is 11.7 Å². The fourth-order valence-corrected chi connectivity index (χ4v) is 4.47. The number of benzene rings is 1. The largest absolute Gasteiger partial charge is 0.448 e. The Morgan fingerprint density at radius 1 is 1.14 bits per heavy atom. The third-order valence-corrected chi connectivity index (χ3v) is 6.26. The molecule has 1 fully saturated rings. The second kappa shape index (κ2) is 9.16. The number of rotatable bonds is 6. The summed E-state index contributed by atoms with van der Waals surface area (Å²) in [6, 6.07) is 4.44. The maximum absolute atomic E-state index is 12.8. The van der Waals surface area contributed by atoms with Crippen LogP contribution < -0.4 is 11.1 Å². The zero-order valence-corrected chi connectivity index (χ0v) is 16.7. The van der Waals surface area contributed by atoms with Crippen LogP contribution in [-0.4, -0.2) is 49.8 Å². The number of primary amides is 1. The van der Waals surface area contributed by atoms with Crippen molar-refractivity contribution in [1.29, 1.82) is 0 Å². The lowest BCUT2D eigenvalue weighted by Crippen LogP contribution is -2.45. The molecule has 1 heterocycles. The molecule has 0 aliphatic carbocycles. The zero-order valence-electron chi connectivity index (χ0n) is 15.9. The van der Waals surface area contributed by atoms with E-state index in [0.717, 1.165) is 19.3 Å². The van der Waals surface area contributed by atoms with Crippen molar-refractivity contribution in [3.8, 4) is 0 Å². The Morgan fingerprint density at radius 3 is 2.36 bits per heavy atom. The molecule has 0 bridgehead atoms. The van der Waals surface area contributed by atoms with Crippen LogP contribution in [0.5, 0.6) is 0 Å². The van der Waals surface area contributed by atoms with Gasteiger partial charge in [0, 0.05) is 13.1 Å². The number of sulfonamides is 1. The van der Waals surface area contributed by atoms with Crippen LogP contribution in [0.1, 0.15) is 43.5 Å². The highest BCUT2D eigenvalue weighted by Gasteiger charge is 2.30. The minimum Gasteiger partial charge on any atom is -0.448 e. The highest BCUT2D eigenvalue weighted by atomic mass is 32.2. The van der Waals surface area contributed by atoms with E-state index < -0.39 is 40.0 Å². The van der Waals surface area contributed by atoms with Crippen LogP contribution in [0.25, 0.3) is 0 Å². The number of urea groups is 1. The Morgan fingerprint density at radius 2 is 1.79 bits per heavy atom. The van der Waals surface area contributed by atoms with E-state index in [4.69, 9.17) is 10.5 Å². The van der Waals surface area contributed by atoms with Gasteiger partial charge in [-0.25, -0.2) is 18.0 Å². The van der Waals surface area contributed by atoms with Gasteiger partial charge < -0.3 is 10.5 Å². The van der Waals surface area contributed by atoms with Gasteiger partial charge in [0.2, 0.25) is 10.0 Å². The van der Waals surface area contributed by atoms with Crippen molar-refractivity contribution in [1.82, 2.24) is 9.62 Å². The molecule has 0 unspecified atom stereocenters. The van der Waals surface area contributed by atoms with Gasteiger partial charge in [0.1, 0.15) is 0 Å². The number of nitrogens with zero attached hydrogens (tertiary/aromatic N) is 1. The Kier molecular flexibility index (Phi) is 7.14. The van der Waals surface area contributed by atoms with Gasteiger partial charge in [-0.05, 0) is 37.0 Å². The molecule has 1 aromatic rings. The van der Waals surface area contributed by atoms with Crippen molar-refractivity contribution < 1.29 is 27.5 Å². The number of carbonyl (C=O) groups excluding carboxylic acids is 3. The first-order valence-electron chi connectivity index (χ1n) is 9.04. The molecule has 154 valence electrons. The molecule has 3 N–H and O–H groups in total. The van der Waals surface area contributed by atoms with Gasteiger partial charge in [0.05, 0.1) is 10.5 Å². The molecule has 1 aliphatic rings. The van der Waals surface area contributed by atoms with Gasteiger partial charge in [-0.15, -0.1) is 0 Å². The first-order chi connectivity index (χ1) is 13.1. The zero-order chi connectivity index (χ0) is 20.9. The van der Waals surface area contributed by atoms with Crippen molar-refractivity contribution >= 4 is 27.9 Å². The Balaban J connectivity index is 2.21. The number of nitrogens with two attached hydrogens (primary N) is 1. The second-order valence-corrected chi connectivity index (χ2v) is 8.85. The van der Waals surface area contributed by atoms with Gasteiger partial charge in [-0.2, -0.15) is 4.31 Å². The standard InChI is InChI=1S/C18H25N3O6S/c1-12(2)15(16(22)20-18(19)24)27-17(23)13-7-6-8-14(11-13)28(25,26)21-9-4-3-5-10-21/h6-8,11-12,15H,3-5,9-10H2,1-2H3,(H3,19,20,22,24)/t15-/m0/s1. The number of esters is 1. The minimum absolute atomic E-state index is 0.00407. The van der Waals surface area contributed by atoms with Gasteiger partial charge in [0.15, 0.2) is 6.10 Å². The van der Waals surface area contributed by atoms with E-state index in [1.807, 2.05) is 5.32 Å². The van der Waals surface area contributed by atoms with E-state index in [-0.39, 0.29) is 10.5 Å². The smallest absolute Gasteiger partial charge is 0.338 e. The maximum Gasteiger partial charge on any atom is 0.338 e. The second-order valence-electron chi connectivity index (χ2n) is 6.92. The van der Waals surface area contributed by atoms with E-state index in [1.54, 1.807) is 13.8 Å². The predicted molar refractivity (Wildman–Crippen MR) is 101 cm³/mol. The van der Waals surface area contributed by atoms with Crippen molar-refractivity contribution in [3.05, 3.63) is 29.8 Å². The normalized spacial score (nSPS) is 16.4. The molecular formula is C18H25N3O6S. The van der Waals surface area contributed by atoms with Crippen molar-refractivity contribution in [2.45, 2.75) is 44.1 Å².